The normalized spacial score (nSPS) is 11.0. The van der Waals surface area contributed by atoms with Crippen LogP contribution in [0.1, 0.15) is 10.4 Å². The van der Waals surface area contributed by atoms with Gasteiger partial charge in [0.2, 0.25) is 0 Å². The topological polar surface area (TPSA) is 77.5 Å². The number of nitrogens with zero attached hydrogens (tertiary/aromatic N) is 1. The average molecular weight is 402 g/mol. The minimum atomic E-state index is -2.92. The number of carbonyl (C=O) groups excluding carboxylic acids is 1. The molecule has 4 aromatic rings. The largest absolute Gasteiger partial charge is 0.463 e. The van der Waals surface area contributed by atoms with Crippen molar-refractivity contribution in [2.24, 2.45) is 0 Å². The fraction of sp³-hybridized carbons (Fsp3) is 0.0526. The number of rotatable bonds is 6. The maximum atomic E-state index is 12.5. The molecule has 4 rings (SSSR count). The molecule has 1 aromatic carbocycles. The van der Waals surface area contributed by atoms with Crippen LogP contribution in [0.3, 0.4) is 0 Å². The van der Waals surface area contributed by atoms with Crippen LogP contribution in [0.5, 0.6) is 5.75 Å². The Balaban J connectivity index is 1.58. The number of hydrogen-bond donors (Lipinski definition) is 1. The third kappa shape index (κ3) is 3.79. The lowest BCUT2D eigenvalue weighted by Crippen LogP contribution is -2.11. The van der Waals surface area contributed by atoms with Crippen LogP contribution in [0.25, 0.3) is 22.1 Å². The summed E-state index contributed by atoms with van der Waals surface area (Å²) in [6, 6.07) is 12.4. The number of hydrogen-bond acceptors (Lipinski definition) is 6. The highest BCUT2D eigenvalue weighted by Gasteiger charge is 2.20. The summed E-state index contributed by atoms with van der Waals surface area (Å²) in [4.78, 5) is 17.6. The Labute approximate surface area is 161 Å². The molecule has 0 atom stereocenters. The van der Waals surface area contributed by atoms with Gasteiger partial charge in [-0.2, -0.15) is 8.78 Å². The second kappa shape index (κ2) is 7.65. The van der Waals surface area contributed by atoms with E-state index in [4.69, 9.17) is 8.83 Å². The SMILES string of the molecule is O=C(Nc1nc(-c2ccco2)c(-c2ccco2)s1)c1ccc(OC(F)F)cc1. The molecule has 1 amide bonds. The molecular weight excluding hydrogens is 390 g/mol. The van der Waals surface area contributed by atoms with E-state index >= 15 is 0 Å². The highest BCUT2D eigenvalue weighted by molar-refractivity contribution is 7.19. The molecule has 1 N–H and O–H groups in total. The number of ether oxygens (including phenoxy) is 1. The number of thiazole rings is 1. The van der Waals surface area contributed by atoms with E-state index in [2.05, 4.69) is 15.0 Å². The summed E-state index contributed by atoms with van der Waals surface area (Å²) in [6.45, 7) is -2.92. The molecule has 9 heteroatoms. The molecule has 0 unspecified atom stereocenters. The minimum Gasteiger partial charge on any atom is -0.463 e. The van der Waals surface area contributed by atoms with Crippen LogP contribution in [0.2, 0.25) is 0 Å². The number of anilines is 1. The van der Waals surface area contributed by atoms with Gasteiger partial charge in [-0.05, 0) is 48.5 Å². The van der Waals surface area contributed by atoms with Crippen LogP contribution in [-0.2, 0) is 0 Å². The first-order valence-corrected chi connectivity index (χ1v) is 8.86. The van der Waals surface area contributed by atoms with Gasteiger partial charge in [-0.15, -0.1) is 0 Å². The van der Waals surface area contributed by atoms with Crippen LogP contribution in [0.15, 0.2) is 69.9 Å². The van der Waals surface area contributed by atoms with Crippen molar-refractivity contribution >= 4 is 22.4 Å². The summed E-state index contributed by atoms with van der Waals surface area (Å²) < 4.78 is 39.6. The molecule has 0 saturated carbocycles. The molecule has 0 saturated heterocycles. The summed E-state index contributed by atoms with van der Waals surface area (Å²) >= 11 is 1.23. The van der Waals surface area contributed by atoms with Crippen LogP contribution >= 0.6 is 11.3 Å². The number of furan rings is 2. The van der Waals surface area contributed by atoms with Crippen LogP contribution in [0.4, 0.5) is 13.9 Å². The number of aromatic nitrogens is 1. The Morgan fingerprint density at radius 2 is 1.71 bits per heavy atom. The van der Waals surface area contributed by atoms with Gasteiger partial charge < -0.3 is 13.6 Å². The van der Waals surface area contributed by atoms with E-state index in [1.807, 2.05) is 0 Å². The van der Waals surface area contributed by atoms with E-state index in [1.165, 1.54) is 41.9 Å². The van der Waals surface area contributed by atoms with Gasteiger partial charge in [0.15, 0.2) is 10.9 Å². The molecule has 3 heterocycles. The number of alkyl halides is 2. The number of carbonyl (C=O) groups is 1. The standard InChI is InChI=1S/C19H12F2N2O4S/c20-18(21)27-12-7-5-11(6-8-12)17(24)23-19-22-15(13-3-1-9-25-13)16(28-19)14-4-2-10-26-14/h1-10,18H,(H,22,23,24). The maximum absolute atomic E-state index is 12.5. The fourth-order valence-electron chi connectivity index (χ4n) is 2.49. The molecule has 3 aromatic heterocycles. The summed E-state index contributed by atoms with van der Waals surface area (Å²) in [5, 5.41) is 3.04. The molecule has 0 bridgehead atoms. The zero-order valence-corrected chi connectivity index (χ0v) is 14.9. The summed E-state index contributed by atoms with van der Waals surface area (Å²) in [5.74, 6) is 0.671. The monoisotopic (exact) mass is 402 g/mol. The third-order valence-corrected chi connectivity index (χ3v) is 4.67. The van der Waals surface area contributed by atoms with Gasteiger partial charge >= 0.3 is 6.61 Å². The van der Waals surface area contributed by atoms with E-state index < -0.39 is 12.5 Å². The highest BCUT2D eigenvalue weighted by Crippen LogP contribution is 2.39. The van der Waals surface area contributed by atoms with Gasteiger partial charge in [0, 0.05) is 5.56 Å². The van der Waals surface area contributed by atoms with Gasteiger partial charge in [-0.3, -0.25) is 10.1 Å². The molecule has 0 fully saturated rings. The van der Waals surface area contributed by atoms with Crippen LogP contribution < -0.4 is 10.1 Å². The second-order valence-electron chi connectivity index (χ2n) is 5.51. The highest BCUT2D eigenvalue weighted by atomic mass is 32.1. The first-order valence-electron chi connectivity index (χ1n) is 8.05. The van der Waals surface area contributed by atoms with Crippen LogP contribution in [-0.4, -0.2) is 17.5 Å². The lowest BCUT2D eigenvalue weighted by Gasteiger charge is -2.05. The zero-order valence-electron chi connectivity index (χ0n) is 14.1. The predicted molar refractivity (Wildman–Crippen MR) is 98.5 cm³/mol. The Morgan fingerprint density at radius 3 is 2.32 bits per heavy atom. The number of halogens is 2. The fourth-order valence-corrected chi connectivity index (χ4v) is 3.42. The molecule has 0 aliphatic heterocycles. The van der Waals surface area contributed by atoms with Gasteiger partial charge in [-0.25, -0.2) is 4.98 Å². The molecule has 0 spiro atoms. The lowest BCUT2D eigenvalue weighted by atomic mass is 10.2. The maximum Gasteiger partial charge on any atom is 0.387 e. The summed E-state index contributed by atoms with van der Waals surface area (Å²) in [5.41, 5.74) is 0.817. The van der Waals surface area contributed by atoms with Crippen LogP contribution in [0, 0.1) is 0 Å². The summed E-state index contributed by atoms with van der Waals surface area (Å²) in [6.07, 6.45) is 3.07. The Hall–Kier alpha value is -3.46. The summed E-state index contributed by atoms with van der Waals surface area (Å²) in [7, 11) is 0. The van der Waals surface area contributed by atoms with Crippen molar-refractivity contribution in [3.63, 3.8) is 0 Å². The van der Waals surface area contributed by atoms with E-state index in [0.29, 0.717) is 27.2 Å². The predicted octanol–water partition coefficient (Wildman–Crippen LogP) is 5.52. The second-order valence-corrected chi connectivity index (χ2v) is 6.51. The number of nitrogens with one attached hydrogen (secondary N) is 1. The molecule has 0 aliphatic carbocycles. The quantitative estimate of drug-likeness (QED) is 0.460. The van der Waals surface area contributed by atoms with Crippen molar-refractivity contribution in [3.8, 4) is 27.8 Å². The molecule has 0 radical (unpaired) electrons. The van der Waals surface area contributed by atoms with Crippen molar-refractivity contribution in [1.82, 2.24) is 4.98 Å². The molecular formula is C19H12F2N2O4S. The van der Waals surface area contributed by atoms with Gasteiger partial charge in [0.1, 0.15) is 22.1 Å². The van der Waals surface area contributed by atoms with E-state index in [9.17, 15) is 13.6 Å². The molecule has 6 nitrogen and oxygen atoms in total. The van der Waals surface area contributed by atoms with Gasteiger partial charge in [0.05, 0.1) is 12.5 Å². The lowest BCUT2D eigenvalue weighted by molar-refractivity contribution is -0.0498. The van der Waals surface area contributed by atoms with Crippen molar-refractivity contribution in [1.29, 1.82) is 0 Å². The smallest absolute Gasteiger partial charge is 0.387 e. The first kappa shape index (κ1) is 17.9. The first-order chi connectivity index (χ1) is 13.6. The van der Waals surface area contributed by atoms with Gasteiger partial charge in [0.25, 0.3) is 5.91 Å². The van der Waals surface area contributed by atoms with Crippen molar-refractivity contribution in [2.75, 3.05) is 5.32 Å². The number of amides is 1. The van der Waals surface area contributed by atoms with Crippen molar-refractivity contribution in [2.45, 2.75) is 6.61 Å². The number of benzene rings is 1. The third-order valence-electron chi connectivity index (χ3n) is 3.69. The average Bonchev–Trinajstić information content (AvgIpc) is 3.42. The molecule has 0 aliphatic rings. The molecule has 142 valence electrons. The van der Waals surface area contributed by atoms with E-state index in [-0.39, 0.29) is 11.3 Å². The van der Waals surface area contributed by atoms with E-state index in [0.717, 1.165) is 0 Å². The van der Waals surface area contributed by atoms with Gasteiger partial charge in [-0.1, -0.05) is 11.3 Å². The Morgan fingerprint density at radius 1 is 1.04 bits per heavy atom. The van der Waals surface area contributed by atoms with E-state index in [1.54, 1.807) is 30.5 Å². The molecule has 28 heavy (non-hydrogen) atoms. The zero-order chi connectivity index (χ0) is 19.5. The minimum absolute atomic E-state index is 0.0268. The Kier molecular flexibility index (Phi) is 4.90. The van der Waals surface area contributed by atoms with Crippen molar-refractivity contribution < 1.29 is 27.1 Å². The van der Waals surface area contributed by atoms with Crippen molar-refractivity contribution in [3.05, 3.63) is 66.6 Å². The Bertz CT molecular complexity index is 1010.